The van der Waals surface area contributed by atoms with Crippen LogP contribution in [0.4, 0.5) is 18.0 Å². The van der Waals surface area contributed by atoms with E-state index in [1.54, 1.807) is 32.8 Å². The van der Waals surface area contributed by atoms with Crippen molar-refractivity contribution in [3.63, 3.8) is 0 Å². The molecule has 5 rings (SSSR count). The van der Waals surface area contributed by atoms with Crippen molar-refractivity contribution < 1.29 is 56.3 Å². The number of fused-ring (bicyclic) bond motifs is 10. The number of ether oxygens (including phenoxy) is 5. The second-order valence-electron chi connectivity index (χ2n) is 15.6. The Balaban J connectivity index is 1.72. The van der Waals surface area contributed by atoms with Crippen LogP contribution < -0.4 is 16.0 Å². The Hall–Kier alpha value is -2.08. The fraction of sp³-hybridized carbons (Fsp3) is 0.912. The molecule has 0 aromatic rings. The molecular formula is C34H57F3N4O9. The molecule has 0 spiro atoms. The van der Waals surface area contributed by atoms with Gasteiger partial charge >= 0.3 is 18.2 Å². The van der Waals surface area contributed by atoms with E-state index in [0.717, 1.165) is 0 Å². The third-order valence-corrected chi connectivity index (χ3v) is 11.1. The Morgan fingerprint density at radius 2 is 1.80 bits per heavy atom. The van der Waals surface area contributed by atoms with Crippen LogP contribution in [0.15, 0.2) is 0 Å². The molecule has 0 radical (unpaired) electrons. The molecule has 5 aliphatic rings. The highest BCUT2D eigenvalue weighted by Gasteiger charge is 2.58. The first-order valence-electron chi connectivity index (χ1n) is 17.7. The van der Waals surface area contributed by atoms with Gasteiger partial charge in [-0.05, 0) is 79.9 Å². The number of aliphatic hydroxyl groups is 1. The van der Waals surface area contributed by atoms with E-state index in [4.69, 9.17) is 23.7 Å². The monoisotopic (exact) mass is 722 g/mol. The fourth-order valence-electron chi connectivity index (χ4n) is 8.28. The van der Waals surface area contributed by atoms with Gasteiger partial charge in [0.25, 0.3) is 0 Å². The Bertz CT molecular complexity index is 1230. The molecule has 5 fully saturated rings. The lowest BCUT2D eigenvalue weighted by Gasteiger charge is -2.49. The maximum absolute atomic E-state index is 14.6. The number of carbonyl (C=O) groups is 3. The Labute approximate surface area is 293 Å². The number of ketones is 1. The van der Waals surface area contributed by atoms with Gasteiger partial charge in [0.2, 0.25) is 0 Å². The zero-order valence-corrected chi connectivity index (χ0v) is 30.7. The summed E-state index contributed by atoms with van der Waals surface area (Å²) in [5.41, 5.74) is -4.03. The van der Waals surface area contributed by atoms with E-state index in [-0.39, 0.29) is 38.0 Å². The first kappa shape index (κ1) is 40.7. The van der Waals surface area contributed by atoms with E-state index in [1.807, 2.05) is 27.7 Å². The molecule has 0 saturated carbocycles. The summed E-state index contributed by atoms with van der Waals surface area (Å²) >= 11 is 0. The van der Waals surface area contributed by atoms with Crippen molar-refractivity contribution >= 4 is 17.8 Å². The van der Waals surface area contributed by atoms with Gasteiger partial charge in [-0.2, -0.15) is 13.2 Å². The number of esters is 1. The van der Waals surface area contributed by atoms with Crippen LogP contribution in [0.2, 0.25) is 0 Å². The summed E-state index contributed by atoms with van der Waals surface area (Å²) in [5, 5.41) is 20.2. The highest BCUT2D eigenvalue weighted by Crippen LogP contribution is 2.43. The quantitative estimate of drug-likeness (QED) is 0.225. The van der Waals surface area contributed by atoms with Crippen LogP contribution in [0.3, 0.4) is 0 Å². The number of nitrogens with zero attached hydrogens (tertiary/aromatic N) is 1. The minimum absolute atomic E-state index is 0.00256. The number of Topliss-reactive ketones (excluding diaryl/α,β-unsaturated/α-hetero) is 1. The molecule has 0 aromatic carbocycles. The second-order valence-corrected chi connectivity index (χ2v) is 15.6. The Morgan fingerprint density at radius 3 is 2.42 bits per heavy atom. The van der Waals surface area contributed by atoms with E-state index in [1.165, 1.54) is 6.92 Å². The van der Waals surface area contributed by atoms with Gasteiger partial charge in [0.15, 0.2) is 17.7 Å². The molecule has 5 aliphatic heterocycles. The predicted octanol–water partition coefficient (Wildman–Crippen LogP) is 2.53. The molecule has 0 unspecified atom stereocenters. The summed E-state index contributed by atoms with van der Waals surface area (Å²) in [5.74, 6) is -2.28. The smallest absolute Gasteiger partial charge is 0.408 e. The van der Waals surface area contributed by atoms with Crippen LogP contribution in [0.25, 0.3) is 0 Å². The summed E-state index contributed by atoms with van der Waals surface area (Å²) < 4.78 is 70.0. The number of aliphatic hydroxyl groups excluding tert-OH is 1. The number of rotatable bonds is 7. The van der Waals surface area contributed by atoms with E-state index in [2.05, 4.69) is 16.0 Å². The molecule has 1 amide bonds. The average molecular weight is 723 g/mol. The minimum atomic E-state index is -4.41. The summed E-state index contributed by atoms with van der Waals surface area (Å²) in [4.78, 5) is 43.0. The molecule has 50 heavy (non-hydrogen) atoms. The van der Waals surface area contributed by atoms with Crippen molar-refractivity contribution in [1.29, 1.82) is 0 Å². The Kier molecular flexibility index (Phi) is 12.6. The van der Waals surface area contributed by atoms with Crippen LogP contribution >= 0.6 is 0 Å². The van der Waals surface area contributed by atoms with Crippen LogP contribution in [0, 0.1) is 17.3 Å². The third kappa shape index (κ3) is 8.58. The van der Waals surface area contributed by atoms with Crippen LogP contribution in [0.5, 0.6) is 0 Å². The molecule has 13 nitrogen and oxygen atoms in total. The molecule has 288 valence electrons. The van der Waals surface area contributed by atoms with Gasteiger partial charge in [0.05, 0.1) is 30.4 Å². The van der Waals surface area contributed by atoms with Gasteiger partial charge in [-0.1, -0.05) is 20.8 Å². The molecule has 0 aromatic heterocycles. The number of alkyl carbamates (subject to hydrolysis) is 1. The normalized spacial score (nSPS) is 43.7. The maximum Gasteiger partial charge on any atom is 0.408 e. The van der Waals surface area contributed by atoms with Gasteiger partial charge in [-0.3, -0.25) is 9.59 Å². The summed E-state index contributed by atoms with van der Waals surface area (Å²) in [6.45, 7) is 11.6. The minimum Gasteiger partial charge on any atom is -0.457 e. The van der Waals surface area contributed by atoms with Gasteiger partial charge in [0, 0.05) is 31.2 Å². The maximum atomic E-state index is 14.6. The van der Waals surface area contributed by atoms with Crippen molar-refractivity contribution in [3.05, 3.63) is 0 Å². The summed E-state index contributed by atoms with van der Waals surface area (Å²) in [6, 6.07) is -1.39. The van der Waals surface area contributed by atoms with E-state index >= 15 is 0 Å². The number of nitrogens with one attached hydrogen (secondary N) is 3. The van der Waals surface area contributed by atoms with Gasteiger partial charge in [0.1, 0.15) is 17.6 Å². The zero-order valence-electron chi connectivity index (χ0n) is 30.7. The lowest BCUT2D eigenvalue weighted by atomic mass is 9.70. The fourth-order valence-corrected chi connectivity index (χ4v) is 8.28. The van der Waals surface area contributed by atoms with E-state index in [9.17, 15) is 32.7 Å². The molecule has 13 atom stereocenters. The molecule has 16 heteroatoms. The van der Waals surface area contributed by atoms with Crippen molar-refractivity contribution in [2.24, 2.45) is 17.3 Å². The number of likely N-dealkylation sites (N-methyl/N-ethyl adjacent to an activating group) is 1. The van der Waals surface area contributed by atoms with Crippen molar-refractivity contribution in [1.82, 2.24) is 20.9 Å². The average Bonchev–Trinajstić information content (AvgIpc) is 3.34. The largest absolute Gasteiger partial charge is 0.457 e. The number of hydrogen-bond acceptors (Lipinski definition) is 12. The van der Waals surface area contributed by atoms with Crippen molar-refractivity contribution in [2.45, 2.75) is 140 Å². The first-order valence-corrected chi connectivity index (χ1v) is 17.7. The van der Waals surface area contributed by atoms with E-state index < -0.39 is 95.9 Å². The summed E-state index contributed by atoms with van der Waals surface area (Å²) in [7, 11) is 3.50. The SMILES string of the molecule is CC[C@H]1OC(=O)[C@@]2(C)CCO[C@@](C)(C[C@@H](C)CN[C@H](C)[C@H]3NC(=O)O[C@@]31C)[C@H](O[C@@H]1O[C@H](CNCC(F)(F)F)C[C@H](N(C)C)[C@H]1O)[C@@H](C)C2=O. The first-order chi connectivity index (χ1) is 23.1. The summed E-state index contributed by atoms with van der Waals surface area (Å²) in [6.07, 6.45) is -9.30. The van der Waals surface area contributed by atoms with Gasteiger partial charge in [-0.15, -0.1) is 0 Å². The lowest BCUT2D eigenvalue weighted by molar-refractivity contribution is -0.301. The van der Waals surface area contributed by atoms with Crippen molar-refractivity contribution in [2.75, 3.05) is 40.3 Å². The molecule has 2 bridgehead atoms. The number of carbonyl (C=O) groups excluding carboxylic acids is 3. The standard InChI is InChI=1S/C34H57F3N4O9/c1-10-23-33(7)25(40-30(45)50-33)20(4)39-15-18(2)14-32(6)27(19(3)26(43)31(5,11-12-46-32)29(44)48-23)49-28-24(42)22(41(8)9)13-21(47-28)16-38-17-34(35,36)37/h18-25,27-28,38-39,42H,10-17H2,1-9H3,(H,40,45)/t18-,19+,20-,21+,22+,23-,24-,25-,27-,28+,31+,32+,33-/m1/s1. The Morgan fingerprint density at radius 1 is 1.12 bits per heavy atom. The molecule has 0 aliphatic carbocycles. The van der Waals surface area contributed by atoms with Gasteiger partial charge in [-0.25, -0.2) is 4.79 Å². The van der Waals surface area contributed by atoms with Crippen LogP contribution in [-0.2, 0) is 33.3 Å². The number of alkyl halides is 3. The number of hydrogen-bond donors (Lipinski definition) is 4. The number of amides is 1. The molecule has 5 saturated heterocycles. The van der Waals surface area contributed by atoms with Crippen molar-refractivity contribution in [3.8, 4) is 0 Å². The molecular weight excluding hydrogens is 665 g/mol. The molecule has 4 N–H and O–H groups in total. The highest BCUT2D eigenvalue weighted by atomic mass is 19.4. The van der Waals surface area contributed by atoms with Crippen LogP contribution in [-0.4, -0.2) is 134 Å². The van der Waals surface area contributed by atoms with Crippen LogP contribution in [0.1, 0.15) is 74.1 Å². The van der Waals surface area contributed by atoms with E-state index in [0.29, 0.717) is 19.4 Å². The zero-order chi connectivity index (χ0) is 37.4. The molecule has 5 heterocycles. The van der Waals surface area contributed by atoms with Gasteiger partial charge < -0.3 is 49.6 Å². The highest BCUT2D eigenvalue weighted by molar-refractivity contribution is 6.04. The third-order valence-electron chi connectivity index (χ3n) is 11.1. The second kappa shape index (κ2) is 15.5. The lowest BCUT2D eigenvalue weighted by Crippen LogP contribution is -2.62. The topological polar surface area (TPSA) is 157 Å². The number of halogens is 3. The predicted molar refractivity (Wildman–Crippen MR) is 175 cm³/mol.